The van der Waals surface area contributed by atoms with E-state index in [0.717, 1.165) is 14.9 Å². The number of aryl methyl sites for hydroxylation is 1. The second kappa shape index (κ2) is 12.4. The fourth-order valence-corrected chi connectivity index (χ4v) is 3.91. The Morgan fingerprint density at radius 2 is 1.86 bits per heavy atom. The first-order chi connectivity index (χ1) is 17.7. The van der Waals surface area contributed by atoms with Gasteiger partial charge in [0.15, 0.2) is 18.1 Å². The highest BCUT2D eigenvalue weighted by atomic mass is 79.9. The van der Waals surface area contributed by atoms with Crippen LogP contribution in [0.5, 0.6) is 11.5 Å². The molecule has 1 fully saturated rings. The van der Waals surface area contributed by atoms with Gasteiger partial charge < -0.3 is 14.2 Å². The van der Waals surface area contributed by atoms with Crippen LogP contribution in [-0.4, -0.2) is 43.6 Å². The van der Waals surface area contributed by atoms with Crippen molar-refractivity contribution in [3.63, 3.8) is 0 Å². The topological polar surface area (TPSA) is 111 Å². The molecule has 0 radical (unpaired) electrons. The van der Waals surface area contributed by atoms with Crippen molar-refractivity contribution in [1.82, 2.24) is 5.32 Å². The number of halogens is 1. The molecular weight excluding hydrogens is 544 g/mol. The van der Waals surface area contributed by atoms with Crippen molar-refractivity contribution in [3.05, 3.63) is 69.7 Å². The third-order valence-corrected chi connectivity index (χ3v) is 6.16. The predicted octanol–water partition coefficient (Wildman–Crippen LogP) is 4.49. The van der Waals surface area contributed by atoms with Crippen LogP contribution in [-0.2, 0) is 25.5 Å². The van der Waals surface area contributed by atoms with Crippen LogP contribution in [0.4, 0.5) is 10.5 Å². The van der Waals surface area contributed by atoms with Crippen LogP contribution in [0.25, 0.3) is 6.08 Å². The van der Waals surface area contributed by atoms with Crippen molar-refractivity contribution in [1.29, 1.82) is 0 Å². The van der Waals surface area contributed by atoms with Crippen molar-refractivity contribution in [2.24, 2.45) is 0 Å². The minimum Gasteiger partial charge on any atom is -0.490 e. The van der Waals surface area contributed by atoms with Crippen LogP contribution in [0.3, 0.4) is 0 Å². The summed E-state index contributed by atoms with van der Waals surface area (Å²) in [6.07, 6.45) is 3.39. The van der Waals surface area contributed by atoms with Gasteiger partial charge in [-0.15, -0.1) is 6.58 Å². The Kier molecular flexibility index (Phi) is 9.24. The van der Waals surface area contributed by atoms with Gasteiger partial charge in [0.25, 0.3) is 11.8 Å². The molecule has 0 atom stereocenters. The molecule has 3 rings (SSSR count). The number of anilines is 1. The lowest BCUT2D eigenvalue weighted by Gasteiger charge is -2.27. The monoisotopic (exact) mass is 570 g/mol. The molecule has 1 aliphatic heterocycles. The van der Waals surface area contributed by atoms with Crippen LogP contribution in [0.15, 0.2) is 53.0 Å². The number of rotatable bonds is 10. The van der Waals surface area contributed by atoms with E-state index in [2.05, 4.69) is 27.8 Å². The third-order valence-electron chi connectivity index (χ3n) is 5.27. The highest BCUT2D eigenvalue weighted by Crippen LogP contribution is 2.35. The van der Waals surface area contributed by atoms with Crippen LogP contribution in [0, 0.1) is 6.92 Å². The van der Waals surface area contributed by atoms with Gasteiger partial charge >= 0.3 is 12.0 Å². The van der Waals surface area contributed by atoms with E-state index >= 15 is 0 Å². The lowest BCUT2D eigenvalue weighted by Crippen LogP contribution is -2.54. The van der Waals surface area contributed by atoms with E-state index in [-0.39, 0.29) is 18.8 Å². The Balaban J connectivity index is 2.04. The standard InChI is InChI=1S/C27H27BrN2O7/c1-5-8-18-12-17(14-22(35-6-2)24(18)37-15-23(31)36-7-3)13-20-25(32)29-27(34)30(26(20)33)19-9-10-21(28)16(4)11-19/h5,9-14H,1,6-8,15H2,2-4H3,(H,29,32,34)/b20-13+. The molecular formula is C27H27BrN2O7. The molecule has 0 aromatic heterocycles. The van der Waals surface area contributed by atoms with E-state index in [1.165, 1.54) is 6.08 Å². The molecule has 0 unspecified atom stereocenters. The number of carbonyl (C=O) groups excluding carboxylic acids is 4. The number of nitrogens with zero attached hydrogens (tertiary/aromatic N) is 1. The number of urea groups is 1. The van der Waals surface area contributed by atoms with E-state index < -0.39 is 23.8 Å². The molecule has 2 aromatic rings. The van der Waals surface area contributed by atoms with Crippen molar-refractivity contribution in [2.45, 2.75) is 27.2 Å². The Bertz CT molecular complexity index is 1290. The fourth-order valence-electron chi connectivity index (χ4n) is 3.66. The number of allylic oxidation sites excluding steroid dienone is 1. The highest BCUT2D eigenvalue weighted by molar-refractivity contribution is 9.10. The van der Waals surface area contributed by atoms with Gasteiger partial charge in [-0.05, 0) is 74.7 Å². The number of carbonyl (C=O) groups is 4. The molecule has 0 aliphatic carbocycles. The summed E-state index contributed by atoms with van der Waals surface area (Å²) < 4.78 is 17.2. The summed E-state index contributed by atoms with van der Waals surface area (Å²) in [5.74, 6) is -1.46. The molecule has 0 spiro atoms. The van der Waals surface area contributed by atoms with Gasteiger partial charge in [-0.1, -0.05) is 22.0 Å². The third kappa shape index (κ3) is 6.45. The van der Waals surface area contributed by atoms with Gasteiger partial charge in [-0.2, -0.15) is 0 Å². The molecule has 4 amide bonds. The summed E-state index contributed by atoms with van der Waals surface area (Å²) in [6.45, 7) is 9.28. The average molecular weight is 571 g/mol. The molecule has 9 nitrogen and oxygen atoms in total. The van der Waals surface area contributed by atoms with Crippen molar-refractivity contribution >= 4 is 51.5 Å². The van der Waals surface area contributed by atoms with E-state index in [4.69, 9.17) is 14.2 Å². The zero-order chi connectivity index (χ0) is 27.1. The van der Waals surface area contributed by atoms with Gasteiger partial charge in [0.1, 0.15) is 5.57 Å². The summed E-state index contributed by atoms with van der Waals surface area (Å²) in [7, 11) is 0. The Morgan fingerprint density at radius 3 is 2.51 bits per heavy atom. The molecule has 37 heavy (non-hydrogen) atoms. The summed E-state index contributed by atoms with van der Waals surface area (Å²) in [4.78, 5) is 51.3. The van der Waals surface area contributed by atoms with E-state index in [0.29, 0.717) is 41.3 Å². The van der Waals surface area contributed by atoms with Gasteiger partial charge in [0, 0.05) is 10.0 Å². The van der Waals surface area contributed by atoms with Gasteiger partial charge in [-0.25, -0.2) is 14.5 Å². The minimum absolute atomic E-state index is 0.224. The first-order valence-electron chi connectivity index (χ1n) is 11.6. The number of amides is 4. The molecule has 0 saturated carbocycles. The molecule has 0 bridgehead atoms. The molecule has 1 N–H and O–H groups in total. The lowest BCUT2D eigenvalue weighted by atomic mass is 10.0. The zero-order valence-electron chi connectivity index (χ0n) is 20.8. The number of imide groups is 2. The molecule has 194 valence electrons. The van der Waals surface area contributed by atoms with E-state index in [1.807, 2.05) is 6.92 Å². The maximum absolute atomic E-state index is 13.3. The summed E-state index contributed by atoms with van der Waals surface area (Å²) in [6, 6.07) is 7.44. The van der Waals surface area contributed by atoms with Crippen LogP contribution < -0.4 is 19.7 Å². The van der Waals surface area contributed by atoms with E-state index in [1.54, 1.807) is 50.3 Å². The summed E-state index contributed by atoms with van der Waals surface area (Å²) in [5.41, 5.74) is 1.99. The normalized spacial score (nSPS) is 14.4. The zero-order valence-corrected chi connectivity index (χ0v) is 22.3. The highest BCUT2D eigenvalue weighted by Gasteiger charge is 2.37. The van der Waals surface area contributed by atoms with Gasteiger partial charge in [0.05, 0.1) is 18.9 Å². The molecule has 10 heteroatoms. The van der Waals surface area contributed by atoms with E-state index in [9.17, 15) is 19.2 Å². The smallest absolute Gasteiger partial charge is 0.344 e. The van der Waals surface area contributed by atoms with Gasteiger partial charge in [-0.3, -0.25) is 14.9 Å². The minimum atomic E-state index is -0.834. The number of nitrogens with one attached hydrogen (secondary N) is 1. The number of hydrogen-bond acceptors (Lipinski definition) is 7. The second-order valence-corrected chi connectivity index (χ2v) is 8.77. The largest absolute Gasteiger partial charge is 0.490 e. The average Bonchev–Trinajstić information content (AvgIpc) is 2.84. The SMILES string of the molecule is C=CCc1cc(/C=C2\C(=O)NC(=O)N(c3ccc(Br)c(C)c3)C2=O)cc(OCC)c1OCC(=O)OCC. The van der Waals surface area contributed by atoms with Gasteiger partial charge in [0.2, 0.25) is 0 Å². The van der Waals surface area contributed by atoms with Crippen molar-refractivity contribution < 1.29 is 33.4 Å². The molecule has 1 heterocycles. The van der Waals surface area contributed by atoms with Crippen molar-refractivity contribution in [3.8, 4) is 11.5 Å². The van der Waals surface area contributed by atoms with Crippen molar-refractivity contribution in [2.75, 3.05) is 24.7 Å². The Labute approximate surface area is 223 Å². The van der Waals surface area contributed by atoms with Crippen LogP contribution >= 0.6 is 15.9 Å². The lowest BCUT2D eigenvalue weighted by molar-refractivity contribution is -0.145. The first kappa shape index (κ1) is 27.7. The first-order valence-corrected chi connectivity index (χ1v) is 12.4. The fraction of sp³-hybridized carbons (Fsp3) is 0.259. The second-order valence-electron chi connectivity index (χ2n) is 7.92. The quantitative estimate of drug-likeness (QED) is 0.194. The molecule has 1 aliphatic rings. The number of ether oxygens (including phenoxy) is 3. The summed E-state index contributed by atoms with van der Waals surface area (Å²) >= 11 is 3.40. The maximum atomic E-state index is 13.3. The molecule has 1 saturated heterocycles. The number of esters is 1. The Morgan fingerprint density at radius 1 is 1.11 bits per heavy atom. The number of hydrogen-bond donors (Lipinski definition) is 1. The van der Waals surface area contributed by atoms with Crippen LogP contribution in [0.2, 0.25) is 0 Å². The maximum Gasteiger partial charge on any atom is 0.344 e. The molecule has 2 aromatic carbocycles. The predicted molar refractivity (Wildman–Crippen MR) is 142 cm³/mol. The Hall–Kier alpha value is -3.92. The summed E-state index contributed by atoms with van der Waals surface area (Å²) in [5, 5.41) is 2.22. The number of barbiturate groups is 1. The van der Waals surface area contributed by atoms with Crippen LogP contribution in [0.1, 0.15) is 30.5 Å². The number of benzene rings is 2.